The number of alkyl halides is 1. The topological polar surface area (TPSA) is 86.7 Å². The molecule has 0 saturated heterocycles. The van der Waals surface area contributed by atoms with Gasteiger partial charge >= 0.3 is 5.97 Å². The minimum Gasteiger partial charge on any atom is -0.481 e. The van der Waals surface area contributed by atoms with E-state index in [0.29, 0.717) is 30.8 Å². The highest BCUT2D eigenvalue weighted by molar-refractivity contribution is 6.17. The lowest BCUT2D eigenvalue weighted by atomic mass is 9.77. The first kappa shape index (κ1) is 23.3. The first-order valence-electron chi connectivity index (χ1n) is 11.5. The molecule has 4 rings (SSSR count). The maximum atomic E-state index is 13.6. The lowest BCUT2D eigenvalue weighted by Crippen LogP contribution is -2.49. The molecule has 1 heterocycles. The van der Waals surface area contributed by atoms with Gasteiger partial charge in [0.1, 0.15) is 0 Å². The largest absolute Gasteiger partial charge is 0.481 e. The number of hydrogen-bond acceptors (Lipinski definition) is 3. The molecule has 3 atom stereocenters. The van der Waals surface area contributed by atoms with Gasteiger partial charge in [-0.15, -0.1) is 11.6 Å². The monoisotopic (exact) mass is 468 g/mol. The van der Waals surface area contributed by atoms with Crippen LogP contribution in [0.3, 0.4) is 0 Å². The molecule has 1 aliphatic heterocycles. The second kappa shape index (κ2) is 10.4. The van der Waals surface area contributed by atoms with E-state index in [4.69, 9.17) is 11.6 Å². The molecule has 0 radical (unpaired) electrons. The van der Waals surface area contributed by atoms with Crippen molar-refractivity contribution in [1.29, 1.82) is 0 Å². The van der Waals surface area contributed by atoms with Crippen LogP contribution in [0, 0.1) is 11.8 Å². The summed E-state index contributed by atoms with van der Waals surface area (Å²) in [5.41, 5.74) is 3.64. The third-order valence-electron chi connectivity index (χ3n) is 6.92. The van der Waals surface area contributed by atoms with Crippen LogP contribution in [-0.4, -0.2) is 40.9 Å². The Morgan fingerprint density at radius 3 is 2.39 bits per heavy atom. The van der Waals surface area contributed by atoms with Crippen LogP contribution in [0.4, 0.5) is 0 Å². The van der Waals surface area contributed by atoms with E-state index in [1.165, 1.54) is 0 Å². The van der Waals surface area contributed by atoms with Crippen LogP contribution >= 0.6 is 11.6 Å². The van der Waals surface area contributed by atoms with Crippen LogP contribution < -0.4 is 5.32 Å². The van der Waals surface area contributed by atoms with E-state index in [0.717, 1.165) is 36.0 Å². The smallest absolute Gasteiger partial charge is 0.307 e. The molecule has 0 aromatic heterocycles. The fraction of sp³-hybridized carbons (Fsp3) is 0.423. The van der Waals surface area contributed by atoms with Gasteiger partial charge in [0.2, 0.25) is 5.91 Å². The van der Waals surface area contributed by atoms with Gasteiger partial charge in [-0.25, -0.2) is 0 Å². The molecule has 2 aromatic carbocycles. The Morgan fingerprint density at radius 1 is 1.00 bits per heavy atom. The van der Waals surface area contributed by atoms with Crippen molar-refractivity contribution in [2.24, 2.45) is 11.8 Å². The summed E-state index contributed by atoms with van der Waals surface area (Å²) in [7, 11) is 0. The van der Waals surface area contributed by atoms with Crippen molar-refractivity contribution in [3.63, 3.8) is 0 Å². The molecule has 174 valence electrons. The molecule has 2 amide bonds. The van der Waals surface area contributed by atoms with Crippen molar-refractivity contribution in [2.75, 3.05) is 13.1 Å². The van der Waals surface area contributed by atoms with Gasteiger partial charge < -0.3 is 15.3 Å². The minimum atomic E-state index is -0.893. The van der Waals surface area contributed by atoms with Gasteiger partial charge in [-0.1, -0.05) is 49.2 Å². The zero-order valence-corrected chi connectivity index (χ0v) is 19.3. The Kier molecular flexibility index (Phi) is 7.33. The molecule has 2 N–H and O–H groups in total. The van der Waals surface area contributed by atoms with Gasteiger partial charge in [0.05, 0.1) is 17.9 Å². The highest BCUT2D eigenvalue weighted by Gasteiger charge is 2.41. The molecule has 6 nitrogen and oxygen atoms in total. The third-order valence-corrected chi connectivity index (χ3v) is 7.23. The first-order chi connectivity index (χ1) is 16.0. The number of fused-ring (bicyclic) bond motifs is 1. The fourth-order valence-corrected chi connectivity index (χ4v) is 5.29. The summed E-state index contributed by atoms with van der Waals surface area (Å²) in [5, 5.41) is 12.7. The zero-order chi connectivity index (χ0) is 23.4. The summed E-state index contributed by atoms with van der Waals surface area (Å²) < 4.78 is 0. The number of carboxylic acids is 1. The number of carbonyl (C=O) groups is 3. The van der Waals surface area contributed by atoms with E-state index < -0.39 is 17.8 Å². The number of nitrogens with zero attached hydrogens (tertiary/aromatic N) is 1. The van der Waals surface area contributed by atoms with E-state index in [1.54, 1.807) is 17.0 Å². The van der Waals surface area contributed by atoms with E-state index in [9.17, 15) is 19.5 Å². The number of rotatable bonds is 6. The summed E-state index contributed by atoms with van der Waals surface area (Å²) in [6.07, 6.45) is 3.56. The van der Waals surface area contributed by atoms with E-state index in [-0.39, 0.29) is 24.4 Å². The molecule has 0 spiro atoms. The van der Waals surface area contributed by atoms with Crippen LogP contribution in [0.2, 0.25) is 0 Å². The number of carbonyl (C=O) groups excluding carboxylic acids is 2. The number of amides is 2. The van der Waals surface area contributed by atoms with Crippen LogP contribution in [-0.2, 0) is 21.9 Å². The van der Waals surface area contributed by atoms with Gasteiger partial charge in [0, 0.05) is 24.5 Å². The number of benzene rings is 2. The van der Waals surface area contributed by atoms with Crippen molar-refractivity contribution in [1.82, 2.24) is 10.2 Å². The molecule has 2 aliphatic rings. The molecule has 1 aliphatic carbocycles. The minimum absolute atomic E-state index is 0.109. The van der Waals surface area contributed by atoms with Crippen molar-refractivity contribution in [2.45, 2.75) is 44.0 Å². The maximum Gasteiger partial charge on any atom is 0.307 e. The first-order valence-corrected chi connectivity index (χ1v) is 12.1. The van der Waals surface area contributed by atoms with Gasteiger partial charge in [-0.05, 0) is 48.1 Å². The molecular formula is C26H29ClN2O4. The molecule has 2 aromatic rings. The van der Waals surface area contributed by atoms with E-state index in [1.807, 2.05) is 30.3 Å². The lowest BCUT2D eigenvalue weighted by Gasteiger charge is -2.41. The average molecular weight is 469 g/mol. The SMILES string of the molecule is O=C(NC[C@@H]1c2ccccc2CCN1C(=O)[C@@H]1CCCC[C@@H]1C(=O)O)c1ccc(CCl)cc1. The van der Waals surface area contributed by atoms with Crippen molar-refractivity contribution < 1.29 is 19.5 Å². The molecular weight excluding hydrogens is 440 g/mol. The molecule has 1 fully saturated rings. The van der Waals surface area contributed by atoms with Gasteiger partial charge in [-0.3, -0.25) is 14.4 Å². The van der Waals surface area contributed by atoms with E-state index >= 15 is 0 Å². The quantitative estimate of drug-likeness (QED) is 0.623. The molecule has 1 saturated carbocycles. The lowest BCUT2D eigenvalue weighted by molar-refractivity contribution is -0.153. The highest BCUT2D eigenvalue weighted by Crippen LogP contribution is 2.36. The van der Waals surface area contributed by atoms with Crippen LogP contribution in [0.15, 0.2) is 48.5 Å². The molecule has 7 heteroatoms. The van der Waals surface area contributed by atoms with E-state index in [2.05, 4.69) is 11.4 Å². The predicted molar refractivity (Wildman–Crippen MR) is 126 cm³/mol. The number of carboxylic acid groups (broad SMARTS) is 1. The maximum absolute atomic E-state index is 13.6. The van der Waals surface area contributed by atoms with Crippen LogP contribution in [0.25, 0.3) is 0 Å². The number of hydrogen-bond donors (Lipinski definition) is 2. The summed E-state index contributed by atoms with van der Waals surface area (Å²) in [5.74, 6) is -1.98. The molecule has 0 bridgehead atoms. The fourth-order valence-electron chi connectivity index (χ4n) is 5.11. The molecule has 33 heavy (non-hydrogen) atoms. The van der Waals surface area contributed by atoms with Gasteiger partial charge in [-0.2, -0.15) is 0 Å². The van der Waals surface area contributed by atoms with Crippen molar-refractivity contribution >= 4 is 29.4 Å². The summed E-state index contributed by atoms with van der Waals surface area (Å²) in [6.45, 7) is 0.785. The average Bonchev–Trinajstić information content (AvgIpc) is 2.86. The second-order valence-electron chi connectivity index (χ2n) is 8.87. The number of aliphatic carboxylic acids is 1. The summed E-state index contributed by atoms with van der Waals surface area (Å²) >= 11 is 5.83. The Balaban J connectivity index is 1.55. The molecule has 0 unspecified atom stereocenters. The Morgan fingerprint density at radius 2 is 1.70 bits per heavy atom. The predicted octanol–water partition coefficient (Wildman–Crippen LogP) is 4.17. The highest BCUT2D eigenvalue weighted by atomic mass is 35.5. The Hall–Kier alpha value is -2.86. The van der Waals surface area contributed by atoms with Crippen molar-refractivity contribution in [3.8, 4) is 0 Å². The van der Waals surface area contributed by atoms with Crippen molar-refractivity contribution in [3.05, 3.63) is 70.8 Å². The summed E-state index contributed by atoms with van der Waals surface area (Å²) in [6, 6.07) is 14.8. The zero-order valence-electron chi connectivity index (χ0n) is 18.5. The van der Waals surface area contributed by atoms with Gasteiger partial charge in [0.25, 0.3) is 5.91 Å². The van der Waals surface area contributed by atoms with Crippen LogP contribution in [0.5, 0.6) is 0 Å². The summed E-state index contributed by atoms with van der Waals surface area (Å²) in [4.78, 5) is 40.0. The normalized spacial score (nSPS) is 22.3. The number of nitrogens with one attached hydrogen (secondary N) is 1. The Bertz CT molecular complexity index is 1020. The van der Waals surface area contributed by atoms with Crippen LogP contribution in [0.1, 0.15) is 58.8 Å². The Labute approximate surface area is 198 Å². The third kappa shape index (κ3) is 5.06. The second-order valence-corrected chi connectivity index (χ2v) is 9.14. The van der Waals surface area contributed by atoms with Gasteiger partial charge in [0.15, 0.2) is 0 Å². The standard InChI is InChI=1S/C26H29ClN2O4/c27-15-17-9-11-19(12-10-17)24(30)28-16-23-20-6-2-1-5-18(20)13-14-29(23)25(31)21-7-3-4-8-22(21)26(32)33/h1-2,5-6,9-12,21-23H,3-4,7-8,13-16H2,(H,28,30)(H,32,33)/t21-,22+,23-/m1/s1. The number of halogens is 1.